The van der Waals surface area contributed by atoms with Gasteiger partial charge < -0.3 is 4.90 Å². The van der Waals surface area contributed by atoms with E-state index in [0.29, 0.717) is 11.4 Å². The molecule has 0 atom stereocenters. The number of aromatic nitrogens is 1. The Hall–Kier alpha value is -2.95. The molecule has 188 valence electrons. The molecule has 1 saturated carbocycles. The first-order valence-corrected chi connectivity index (χ1v) is 14.4. The molecule has 0 spiro atoms. The minimum atomic E-state index is -4.01. The number of benzene rings is 2. The van der Waals surface area contributed by atoms with E-state index in [4.69, 9.17) is 5.26 Å². The number of hydrogen-bond acceptors (Lipinski definition) is 5. The van der Waals surface area contributed by atoms with Gasteiger partial charge >= 0.3 is 0 Å². The van der Waals surface area contributed by atoms with Gasteiger partial charge in [0.2, 0.25) is 0 Å². The molecule has 1 aliphatic heterocycles. The molecule has 2 aromatic carbocycles. The van der Waals surface area contributed by atoms with Crippen molar-refractivity contribution in [1.29, 1.82) is 5.26 Å². The van der Waals surface area contributed by atoms with Crippen LogP contribution in [0.1, 0.15) is 78.9 Å². The molecule has 36 heavy (non-hydrogen) atoms. The zero-order valence-corrected chi connectivity index (χ0v) is 21.6. The van der Waals surface area contributed by atoms with E-state index in [0.717, 1.165) is 46.9 Å². The molecule has 5 rings (SSSR count). The van der Waals surface area contributed by atoms with E-state index in [-0.39, 0.29) is 17.0 Å². The fraction of sp³-hybridized carbons (Fsp3) is 0.448. The van der Waals surface area contributed by atoms with Crippen LogP contribution < -0.4 is 0 Å². The third-order valence-electron chi connectivity index (χ3n) is 7.96. The largest absolute Gasteiger partial charge is 0.300 e. The van der Waals surface area contributed by atoms with Gasteiger partial charge in [-0.3, -0.25) is 4.79 Å². The van der Waals surface area contributed by atoms with Crippen molar-refractivity contribution in [1.82, 2.24) is 8.87 Å². The Morgan fingerprint density at radius 3 is 2.33 bits per heavy atom. The Labute approximate surface area is 213 Å². The minimum absolute atomic E-state index is 0.0383. The van der Waals surface area contributed by atoms with Crippen LogP contribution in [-0.2, 0) is 10.0 Å². The van der Waals surface area contributed by atoms with E-state index >= 15 is 0 Å². The monoisotopic (exact) mass is 503 g/mol. The molecule has 0 radical (unpaired) electrons. The number of hydrogen-bond donors (Lipinski definition) is 0. The Kier molecular flexibility index (Phi) is 7.00. The van der Waals surface area contributed by atoms with Crippen molar-refractivity contribution in [2.75, 3.05) is 13.1 Å². The molecular weight excluding hydrogens is 470 g/mol. The fourth-order valence-corrected chi connectivity index (χ4v) is 7.47. The number of piperidine rings is 1. The van der Waals surface area contributed by atoms with Crippen LogP contribution in [-0.4, -0.2) is 42.2 Å². The van der Waals surface area contributed by atoms with E-state index in [1.165, 1.54) is 37.7 Å². The third kappa shape index (κ3) is 4.72. The Balaban J connectivity index is 1.47. The standard InChI is InChI=1S/C29H33N3O3S/c1-21-7-10-26(11-8-21)36(34,35)32-27-12-9-23(19-24(27)20-28(32)29(33)13-16-30)22-14-17-31(18-15-22)25-5-3-2-4-6-25/h7-12,19-20,22,25H,2-6,13-15,17-18H2,1H3. The van der Waals surface area contributed by atoms with Crippen LogP contribution in [0, 0.1) is 18.3 Å². The zero-order chi connectivity index (χ0) is 25.3. The van der Waals surface area contributed by atoms with Gasteiger partial charge in [0, 0.05) is 11.4 Å². The van der Waals surface area contributed by atoms with Gasteiger partial charge in [0.05, 0.1) is 16.5 Å². The number of likely N-dealkylation sites (tertiary alicyclic amines) is 1. The van der Waals surface area contributed by atoms with Crippen molar-refractivity contribution >= 4 is 26.7 Å². The molecule has 1 saturated heterocycles. The molecule has 0 bridgehead atoms. The molecule has 1 aromatic heterocycles. The lowest BCUT2D eigenvalue weighted by Crippen LogP contribution is -2.41. The number of rotatable bonds is 6. The van der Waals surface area contributed by atoms with Gasteiger partial charge in [0.25, 0.3) is 10.0 Å². The second-order valence-corrected chi connectivity index (χ2v) is 12.1. The summed E-state index contributed by atoms with van der Waals surface area (Å²) in [5.41, 5.74) is 2.65. The first-order chi connectivity index (χ1) is 17.4. The maximum atomic E-state index is 13.6. The summed E-state index contributed by atoms with van der Waals surface area (Å²) in [5, 5.41) is 9.83. The van der Waals surface area contributed by atoms with Crippen LogP contribution in [0.4, 0.5) is 0 Å². The molecule has 0 unspecified atom stereocenters. The Bertz CT molecular complexity index is 1400. The van der Waals surface area contributed by atoms with Gasteiger partial charge in [-0.15, -0.1) is 0 Å². The molecule has 6 nitrogen and oxygen atoms in total. The maximum absolute atomic E-state index is 13.6. The molecule has 2 aliphatic rings. The number of nitriles is 1. The van der Waals surface area contributed by atoms with Gasteiger partial charge in [-0.2, -0.15) is 5.26 Å². The van der Waals surface area contributed by atoms with Crippen molar-refractivity contribution in [2.45, 2.75) is 75.1 Å². The average molecular weight is 504 g/mol. The summed E-state index contributed by atoms with van der Waals surface area (Å²) in [6.45, 7) is 4.09. The zero-order valence-electron chi connectivity index (χ0n) is 20.8. The van der Waals surface area contributed by atoms with Crippen LogP contribution >= 0.6 is 0 Å². The Morgan fingerprint density at radius 2 is 1.67 bits per heavy atom. The van der Waals surface area contributed by atoms with Crippen LogP contribution in [0.5, 0.6) is 0 Å². The number of Topliss-reactive ketones (excluding diaryl/α,β-unsaturated/α-hetero) is 1. The Morgan fingerprint density at radius 1 is 0.972 bits per heavy atom. The topological polar surface area (TPSA) is 83.2 Å². The lowest BCUT2D eigenvalue weighted by Gasteiger charge is -2.39. The summed E-state index contributed by atoms with van der Waals surface area (Å²) in [6, 6.07) is 16.7. The molecule has 2 heterocycles. The summed E-state index contributed by atoms with van der Waals surface area (Å²) in [4.78, 5) is 15.6. The molecule has 3 aromatic rings. The van der Waals surface area contributed by atoms with E-state index in [2.05, 4.69) is 4.90 Å². The normalized spacial score (nSPS) is 18.3. The van der Waals surface area contributed by atoms with Gasteiger partial charge in [-0.1, -0.05) is 43.0 Å². The van der Waals surface area contributed by atoms with Crippen molar-refractivity contribution in [3.05, 3.63) is 65.4 Å². The van der Waals surface area contributed by atoms with Crippen LogP contribution in [0.25, 0.3) is 10.9 Å². The van der Waals surface area contributed by atoms with E-state index < -0.39 is 15.8 Å². The van der Waals surface area contributed by atoms with Gasteiger partial charge in [-0.25, -0.2) is 12.4 Å². The predicted octanol–water partition coefficient (Wildman–Crippen LogP) is 5.80. The number of ketones is 1. The molecule has 1 aliphatic carbocycles. The number of carbonyl (C=O) groups excluding carboxylic acids is 1. The number of carbonyl (C=O) groups is 1. The van der Waals surface area contributed by atoms with Crippen molar-refractivity contribution in [3.8, 4) is 6.07 Å². The van der Waals surface area contributed by atoms with Crippen LogP contribution in [0.2, 0.25) is 0 Å². The maximum Gasteiger partial charge on any atom is 0.268 e. The highest BCUT2D eigenvalue weighted by Gasteiger charge is 2.29. The summed E-state index contributed by atoms with van der Waals surface area (Å²) in [7, 11) is -4.01. The van der Waals surface area contributed by atoms with E-state index in [9.17, 15) is 13.2 Å². The highest BCUT2D eigenvalue weighted by atomic mass is 32.2. The van der Waals surface area contributed by atoms with Gasteiger partial charge in [-0.05, 0) is 87.5 Å². The fourth-order valence-electron chi connectivity index (χ4n) is 5.94. The molecular formula is C29H33N3O3S. The number of aryl methyl sites for hydroxylation is 1. The van der Waals surface area contributed by atoms with E-state index in [1.54, 1.807) is 30.3 Å². The smallest absolute Gasteiger partial charge is 0.268 e. The predicted molar refractivity (Wildman–Crippen MR) is 141 cm³/mol. The first kappa shape index (κ1) is 24.7. The highest BCUT2D eigenvalue weighted by molar-refractivity contribution is 7.90. The van der Waals surface area contributed by atoms with Crippen molar-refractivity contribution < 1.29 is 13.2 Å². The summed E-state index contributed by atoms with van der Waals surface area (Å²) < 4.78 is 28.4. The molecule has 0 N–H and O–H groups in total. The van der Waals surface area contributed by atoms with Gasteiger partial charge in [0.1, 0.15) is 12.1 Å². The molecule has 2 fully saturated rings. The lowest BCUT2D eigenvalue weighted by molar-refractivity contribution is 0.0992. The SMILES string of the molecule is Cc1ccc(S(=O)(=O)n2c(C(=O)CC#N)cc3cc(C4CCN(C5CCCCC5)CC4)ccc32)cc1. The second kappa shape index (κ2) is 10.2. The third-order valence-corrected chi connectivity index (χ3v) is 9.70. The summed E-state index contributed by atoms with van der Waals surface area (Å²) in [5.74, 6) is -0.0729. The summed E-state index contributed by atoms with van der Waals surface area (Å²) in [6.07, 6.45) is 8.50. The molecule has 7 heteroatoms. The minimum Gasteiger partial charge on any atom is -0.300 e. The first-order valence-electron chi connectivity index (χ1n) is 13.0. The van der Waals surface area contributed by atoms with Crippen molar-refractivity contribution in [3.63, 3.8) is 0 Å². The van der Waals surface area contributed by atoms with Crippen molar-refractivity contribution in [2.24, 2.45) is 0 Å². The quantitative estimate of drug-likeness (QED) is 0.397. The molecule has 0 amide bonds. The number of nitrogens with zero attached hydrogens (tertiary/aromatic N) is 3. The summed E-state index contributed by atoms with van der Waals surface area (Å²) >= 11 is 0. The van der Waals surface area contributed by atoms with Gasteiger partial charge in [0.15, 0.2) is 5.78 Å². The average Bonchev–Trinajstić information content (AvgIpc) is 3.30. The highest BCUT2D eigenvalue weighted by Crippen LogP contribution is 2.35. The van der Waals surface area contributed by atoms with Crippen LogP contribution in [0.3, 0.4) is 0 Å². The lowest BCUT2D eigenvalue weighted by atomic mass is 9.86. The van der Waals surface area contributed by atoms with Crippen LogP contribution in [0.15, 0.2) is 53.4 Å². The van der Waals surface area contributed by atoms with E-state index in [1.807, 2.05) is 31.2 Å². The second-order valence-electron chi connectivity index (χ2n) is 10.3. The number of fused-ring (bicyclic) bond motifs is 1.